The number of benzene rings is 1. The SMILES string of the molecule is COc1ccc(-c2cn(C3CCN(C(=O)OC(C)(C)C)CC3)c(=O)[nH]2)cc1. The van der Waals surface area contributed by atoms with Gasteiger partial charge in [-0.05, 0) is 63.4 Å². The van der Waals surface area contributed by atoms with E-state index >= 15 is 0 Å². The molecule has 1 aliphatic heterocycles. The normalized spacial score (nSPS) is 15.6. The molecule has 0 radical (unpaired) electrons. The van der Waals surface area contributed by atoms with E-state index in [2.05, 4.69) is 4.98 Å². The number of nitrogens with zero attached hydrogens (tertiary/aromatic N) is 2. The Morgan fingerprint density at radius 3 is 2.33 bits per heavy atom. The van der Waals surface area contributed by atoms with Gasteiger partial charge < -0.3 is 19.4 Å². The highest BCUT2D eigenvalue weighted by Gasteiger charge is 2.28. The number of carbonyl (C=O) groups excluding carboxylic acids is 1. The van der Waals surface area contributed by atoms with Gasteiger partial charge in [0, 0.05) is 25.3 Å². The van der Waals surface area contributed by atoms with E-state index in [1.165, 1.54) is 0 Å². The minimum atomic E-state index is -0.501. The molecule has 1 fully saturated rings. The molecule has 1 N–H and O–H groups in total. The van der Waals surface area contributed by atoms with E-state index in [9.17, 15) is 9.59 Å². The predicted octanol–water partition coefficient (Wildman–Crippen LogP) is 3.42. The molecule has 2 heterocycles. The Balaban J connectivity index is 1.67. The number of amides is 1. The smallest absolute Gasteiger partial charge is 0.410 e. The number of carbonyl (C=O) groups is 1. The minimum Gasteiger partial charge on any atom is -0.497 e. The second kappa shape index (κ2) is 7.50. The number of likely N-dealkylation sites (tertiary alicyclic amines) is 1. The maximum atomic E-state index is 12.4. The average Bonchev–Trinajstić information content (AvgIpc) is 3.02. The van der Waals surface area contributed by atoms with Crippen LogP contribution in [0.15, 0.2) is 35.3 Å². The number of hydrogen-bond donors (Lipinski definition) is 1. The monoisotopic (exact) mass is 373 g/mol. The molecule has 0 saturated carbocycles. The number of hydrogen-bond acceptors (Lipinski definition) is 4. The molecule has 7 nitrogen and oxygen atoms in total. The van der Waals surface area contributed by atoms with Gasteiger partial charge in [0.1, 0.15) is 11.4 Å². The average molecular weight is 373 g/mol. The molecule has 0 unspecified atom stereocenters. The van der Waals surface area contributed by atoms with Crippen molar-refractivity contribution in [1.82, 2.24) is 14.5 Å². The van der Waals surface area contributed by atoms with Gasteiger partial charge in [0.15, 0.2) is 0 Å². The Morgan fingerprint density at radius 1 is 1.15 bits per heavy atom. The van der Waals surface area contributed by atoms with E-state index < -0.39 is 5.60 Å². The van der Waals surface area contributed by atoms with Crippen LogP contribution in [-0.2, 0) is 4.74 Å². The minimum absolute atomic E-state index is 0.0689. The van der Waals surface area contributed by atoms with Gasteiger partial charge in [-0.3, -0.25) is 4.57 Å². The second-order valence-electron chi connectivity index (χ2n) is 7.81. The zero-order valence-corrected chi connectivity index (χ0v) is 16.3. The summed E-state index contributed by atoms with van der Waals surface area (Å²) in [5, 5.41) is 0. The number of aromatic amines is 1. The molecule has 2 aromatic rings. The van der Waals surface area contributed by atoms with Crippen LogP contribution in [0.4, 0.5) is 4.79 Å². The molecule has 1 aliphatic rings. The Morgan fingerprint density at radius 2 is 1.78 bits per heavy atom. The molecule has 3 rings (SSSR count). The fraction of sp³-hybridized carbons (Fsp3) is 0.500. The fourth-order valence-corrected chi connectivity index (χ4v) is 3.25. The van der Waals surface area contributed by atoms with Crippen molar-refractivity contribution in [3.05, 3.63) is 40.9 Å². The van der Waals surface area contributed by atoms with Crippen LogP contribution >= 0.6 is 0 Å². The van der Waals surface area contributed by atoms with Crippen molar-refractivity contribution >= 4 is 6.09 Å². The standard InChI is InChI=1S/C20H27N3O4/c1-20(2,3)27-19(25)22-11-9-15(10-12-22)23-13-17(21-18(23)24)14-5-7-16(26-4)8-6-14/h5-8,13,15H,9-12H2,1-4H3,(H,21,24). The van der Waals surface area contributed by atoms with Gasteiger partial charge in [0.05, 0.1) is 12.8 Å². The largest absolute Gasteiger partial charge is 0.497 e. The van der Waals surface area contributed by atoms with Crippen molar-refractivity contribution in [3.63, 3.8) is 0 Å². The van der Waals surface area contributed by atoms with Crippen LogP contribution in [0.3, 0.4) is 0 Å². The first kappa shape index (κ1) is 19.1. The Labute approximate surface area is 158 Å². The summed E-state index contributed by atoms with van der Waals surface area (Å²) < 4.78 is 12.3. The van der Waals surface area contributed by atoms with Crippen LogP contribution < -0.4 is 10.4 Å². The first-order valence-electron chi connectivity index (χ1n) is 9.20. The number of aromatic nitrogens is 2. The third-order valence-corrected chi connectivity index (χ3v) is 4.65. The number of piperidine rings is 1. The van der Waals surface area contributed by atoms with Gasteiger partial charge >= 0.3 is 11.8 Å². The number of H-pyrrole nitrogens is 1. The third kappa shape index (κ3) is 4.53. The van der Waals surface area contributed by atoms with Crippen LogP contribution in [0.25, 0.3) is 11.3 Å². The zero-order chi connectivity index (χ0) is 19.6. The molecule has 1 amide bonds. The Bertz CT molecular complexity index is 837. The summed E-state index contributed by atoms with van der Waals surface area (Å²) in [7, 11) is 1.62. The van der Waals surface area contributed by atoms with E-state index in [4.69, 9.17) is 9.47 Å². The quantitative estimate of drug-likeness (QED) is 0.894. The molecular weight excluding hydrogens is 346 g/mol. The summed E-state index contributed by atoms with van der Waals surface area (Å²) in [6.07, 6.45) is 3.01. The molecular formula is C20H27N3O4. The number of nitrogens with one attached hydrogen (secondary N) is 1. The van der Waals surface area contributed by atoms with Crippen LogP contribution in [0.1, 0.15) is 39.7 Å². The van der Waals surface area contributed by atoms with Crippen LogP contribution in [-0.4, -0.2) is 46.3 Å². The lowest BCUT2D eigenvalue weighted by atomic mass is 10.1. The number of methoxy groups -OCH3 is 1. The Hall–Kier alpha value is -2.70. The first-order valence-corrected chi connectivity index (χ1v) is 9.20. The molecule has 1 aromatic heterocycles. The summed E-state index contributed by atoms with van der Waals surface area (Å²) in [5.74, 6) is 0.773. The summed E-state index contributed by atoms with van der Waals surface area (Å²) in [6.45, 7) is 6.73. The second-order valence-corrected chi connectivity index (χ2v) is 7.81. The van der Waals surface area contributed by atoms with E-state index in [-0.39, 0.29) is 17.8 Å². The van der Waals surface area contributed by atoms with Crippen molar-refractivity contribution in [1.29, 1.82) is 0 Å². The van der Waals surface area contributed by atoms with Gasteiger partial charge in [-0.25, -0.2) is 9.59 Å². The lowest BCUT2D eigenvalue weighted by Crippen LogP contribution is -2.42. The maximum Gasteiger partial charge on any atom is 0.410 e. The van der Waals surface area contributed by atoms with E-state index in [0.29, 0.717) is 13.1 Å². The zero-order valence-electron chi connectivity index (χ0n) is 16.3. The molecule has 146 valence electrons. The van der Waals surface area contributed by atoms with Gasteiger partial charge in [0.25, 0.3) is 0 Å². The van der Waals surface area contributed by atoms with Gasteiger partial charge in [-0.2, -0.15) is 0 Å². The maximum absolute atomic E-state index is 12.4. The van der Waals surface area contributed by atoms with Crippen molar-refractivity contribution in [2.24, 2.45) is 0 Å². The van der Waals surface area contributed by atoms with Crippen LogP contribution in [0, 0.1) is 0 Å². The summed E-state index contributed by atoms with van der Waals surface area (Å²) in [6, 6.07) is 7.63. The summed E-state index contributed by atoms with van der Waals surface area (Å²) in [5.41, 5.74) is 1.07. The van der Waals surface area contributed by atoms with Crippen LogP contribution in [0.2, 0.25) is 0 Å². The molecule has 1 saturated heterocycles. The molecule has 0 atom stereocenters. The summed E-state index contributed by atoms with van der Waals surface area (Å²) in [4.78, 5) is 29.2. The van der Waals surface area contributed by atoms with Gasteiger partial charge in [-0.15, -0.1) is 0 Å². The van der Waals surface area contributed by atoms with Crippen molar-refractivity contribution < 1.29 is 14.3 Å². The molecule has 0 aliphatic carbocycles. The third-order valence-electron chi connectivity index (χ3n) is 4.65. The highest BCUT2D eigenvalue weighted by atomic mass is 16.6. The highest BCUT2D eigenvalue weighted by molar-refractivity contribution is 5.68. The topological polar surface area (TPSA) is 76.6 Å². The van der Waals surface area contributed by atoms with E-state index in [1.807, 2.05) is 51.2 Å². The summed E-state index contributed by atoms with van der Waals surface area (Å²) >= 11 is 0. The lowest BCUT2D eigenvalue weighted by Gasteiger charge is -2.33. The fourth-order valence-electron chi connectivity index (χ4n) is 3.25. The van der Waals surface area contributed by atoms with Crippen molar-refractivity contribution in [3.8, 4) is 17.0 Å². The predicted molar refractivity (Wildman–Crippen MR) is 103 cm³/mol. The molecule has 0 spiro atoms. The number of ether oxygens (including phenoxy) is 2. The van der Waals surface area contributed by atoms with Crippen molar-refractivity contribution in [2.75, 3.05) is 20.2 Å². The number of imidazole rings is 1. The number of rotatable bonds is 3. The van der Waals surface area contributed by atoms with Gasteiger partial charge in [-0.1, -0.05) is 0 Å². The van der Waals surface area contributed by atoms with E-state index in [0.717, 1.165) is 29.8 Å². The first-order chi connectivity index (χ1) is 12.8. The molecule has 7 heteroatoms. The van der Waals surface area contributed by atoms with Crippen LogP contribution in [0.5, 0.6) is 5.75 Å². The van der Waals surface area contributed by atoms with E-state index in [1.54, 1.807) is 16.6 Å². The molecule has 27 heavy (non-hydrogen) atoms. The molecule has 1 aromatic carbocycles. The lowest BCUT2D eigenvalue weighted by molar-refractivity contribution is 0.0187. The highest BCUT2D eigenvalue weighted by Crippen LogP contribution is 2.25. The molecule has 0 bridgehead atoms. The van der Waals surface area contributed by atoms with Gasteiger partial charge in [0.2, 0.25) is 0 Å². The Kier molecular flexibility index (Phi) is 5.30. The van der Waals surface area contributed by atoms with Crippen molar-refractivity contribution in [2.45, 2.75) is 45.3 Å².